The van der Waals surface area contributed by atoms with Crippen LogP contribution in [0.5, 0.6) is 0 Å². The molecule has 0 aromatic carbocycles. The van der Waals surface area contributed by atoms with Gasteiger partial charge in [-0.3, -0.25) is 18.9 Å². The highest BCUT2D eigenvalue weighted by Crippen LogP contribution is 2.57. The fourth-order valence-electron chi connectivity index (χ4n) is 2.39. The third-order valence-electron chi connectivity index (χ3n) is 3.56. The summed E-state index contributed by atoms with van der Waals surface area (Å²) in [7, 11) is -10.5. The average molecular weight is 418 g/mol. The number of aromatic nitrogens is 2. The van der Waals surface area contributed by atoms with Gasteiger partial charge in [0.1, 0.15) is 18.3 Å². The average Bonchev–Trinajstić information content (AvgIpc) is 2.68. The number of hydrogen-bond acceptors (Lipinski definition) is 9. The molecule has 0 bridgehead atoms. The molecule has 6 N–H and O–H groups in total. The Bertz CT molecular complexity index is 875. The molecule has 1 unspecified atom stereocenters. The first-order chi connectivity index (χ1) is 11.8. The van der Waals surface area contributed by atoms with Crippen LogP contribution < -0.4 is 11.2 Å². The normalized spacial score (nSPS) is 31.7. The van der Waals surface area contributed by atoms with E-state index in [-0.39, 0.29) is 0 Å². The van der Waals surface area contributed by atoms with Gasteiger partial charge in [0.2, 0.25) is 0 Å². The van der Waals surface area contributed by atoms with Crippen molar-refractivity contribution in [3.05, 3.63) is 33.1 Å². The first-order valence-electron chi connectivity index (χ1n) is 6.86. The summed E-state index contributed by atoms with van der Waals surface area (Å²) in [5.74, 6) is 0. The van der Waals surface area contributed by atoms with E-state index in [4.69, 9.17) is 14.5 Å². The minimum Gasteiger partial charge on any atom is -0.387 e. The number of phosphoric ester groups is 1. The predicted molar refractivity (Wildman–Crippen MR) is 80.8 cm³/mol. The zero-order valence-electron chi connectivity index (χ0n) is 13.0. The van der Waals surface area contributed by atoms with Crippen molar-refractivity contribution < 1.29 is 47.6 Å². The van der Waals surface area contributed by atoms with Gasteiger partial charge in [-0.05, 0) is 6.92 Å². The molecule has 0 amide bonds. The molecule has 16 heteroatoms. The zero-order valence-corrected chi connectivity index (χ0v) is 14.8. The number of ether oxygens (including phenoxy) is 1. The van der Waals surface area contributed by atoms with E-state index in [2.05, 4.69) is 8.83 Å². The summed E-state index contributed by atoms with van der Waals surface area (Å²) in [4.78, 5) is 51.2. The minimum absolute atomic E-state index is 0.710. The Hall–Kier alpha value is -1.18. The maximum Gasteiger partial charge on any atom is 0.481 e. The van der Waals surface area contributed by atoms with Gasteiger partial charge in [0.05, 0.1) is 6.61 Å². The Morgan fingerprint density at radius 1 is 1.31 bits per heavy atom. The molecule has 5 atom stereocenters. The summed E-state index contributed by atoms with van der Waals surface area (Å²) < 4.78 is 36.0. The summed E-state index contributed by atoms with van der Waals surface area (Å²) in [5, 5.41) is 20.2. The molecule has 0 radical (unpaired) electrons. The Balaban J connectivity index is 2.19. The van der Waals surface area contributed by atoms with Crippen LogP contribution >= 0.6 is 15.6 Å². The molecule has 26 heavy (non-hydrogen) atoms. The van der Waals surface area contributed by atoms with Crippen molar-refractivity contribution in [2.24, 2.45) is 0 Å². The lowest BCUT2D eigenvalue weighted by Crippen LogP contribution is -2.49. The number of aliphatic hydroxyl groups is 2. The molecule has 0 saturated carbocycles. The molecule has 1 fully saturated rings. The van der Waals surface area contributed by atoms with Crippen molar-refractivity contribution in [1.29, 1.82) is 0 Å². The number of aromatic amines is 1. The molecule has 1 aliphatic heterocycles. The van der Waals surface area contributed by atoms with E-state index in [9.17, 15) is 33.8 Å². The van der Waals surface area contributed by atoms with E-state index in [1.165, 1.54) is 6.92 Å². The third-order valence-corrected chi connectivity index (χ3v) is 5.71. The number of nitrogens with one attached hydrogen (secondary N) is 1. The number of nitrogens with zero attached hydrogens (tertiary/aromatic N) is 1. The van der Waals surface area contributed by atoms with Gasteiger partial charge in [-0.15, -0.1) is 0 Å². The molecule has 14 nitrogen and oxygen atoms in total. The number of hydrogen-bond donors (Lipinski definition) is 6. The van der Waals surface area contributed by atoms with Crippen LogP contribution in [0.4, 0.5) is 0 Å². The quantitative estimate of drug-likeness (QED) is 0.265. The first kappa shape index (κ1) is 21.1. The van der Waals surface area contributed by atoms with Crippen LogP contribution in [-0.2, 0) is 28.4 Å². The molecule has 0 spiro atoms. The van der Waals surface area contributed by atoms with Crippen molar-refractivity contribution in [3.63, 3.8) is 0 Å². The second kappa shape index (κ2) is 7.09. The molecule has 1 aromatic heterocycles. The van der Waals surface area contributed by atoms with Crippen LogP contribution in [0.1, 0.15) is 6.92 Å². The Morgan fingerprint density at radius 2 is 1.92 bits per heavy atom. The highest BCUT2D eigenvalue weighted by molar-refractivity contribution is 7.60. The lowest BCUT2D eigenvalue weighted by Gasteiger charge is -2.29. The fraction of sp³-hybridized carbons (Fsp3) is 0.600. The maximum atomic E-state index is 11.9. The van der Waals surface area contributed by atoms with Gasteiger partial charge < -0.3 is 29.6 Å². The highest BCUT2D eigenvalue weighted by atomic mass is 31.3. The molecule has 2 rings (SSSR count). The van der Waals surface area contributed by atoms with E-state index in [1.807, 2.05) is 4.98 Å². The van der Waals surface area contributed by atoms with Crippen LogP contribution in [0.15, 0.2) is 21.9 Å². The number of H-pyrrole nitrogens is 1. The van der Waals surface area contributed by atoms with Crippen LogP contribution in [0.3, 0.4) is 0 Å². The lowest BCUT2D eigenvalue weighted by molar-refractivity contribution is -0.136. The Kier molecular flexibility index (Phi) is 5.76. The Morgan fingerprint density at radius 3 is 2.46 bits per heavy atom. The summed E-state index contributed by atoms with van der Waals surface area (Å²) in [6.45, 7) is 0.283. The number of rotatable bonds is 6. The van der Waals surface area contributed by atoms with E-state index in [0.717, 1.165) is 16.8 Å². The van der Waals surface area contributed by atoms with Gasteiger partial charge in [-0.25, -0.2) is 13.9 Å². The summed E-state index contributed by atoms with van der Waals surface area (Å²) in [5.41, 5.74) is -3.54. The molecule has 148 valence electrons. The predicted octanol–water partition coefficient (Wildman–Crippen LogP) is -2.44. The second-order valence-electron chi connectivity index (χ2n) is 5.46. The topological polar surface area (TPSA) is 218 Å². The van der Waals surface area contributed by atoms with Crippen molar-refractivity contribution in [2.45, 2.75) is 31.0 Å². The maximum absolute atomic E-state index is 11.9. The molecular formula is C10H16N2O12P2. The van der Waals surface area contributed by atoms with Crippen molar-refractivity contribution >= 4 is 15.6 Å². The van der Waals surface area contributed by atoms with Crippen LogP contribution in [0.25, 0.3) is 0 Å². The van der Waals surface area contributed by atoms with Crippen molar-refractivity contribution in [3.8, 4) is 0 Å². The second-order valence-corrected chi connectivity index (χ2v) is 8.29. The highest BCUT2D eigenvalue weighted by Gasteiger charge is 2.53. The molecular weight excluding hydrogens is 402 g/mol. The van der Waals surface area contributed by atoms with Crippen LogP contribution in [0, 0.1) is 0 Å². The van der Waals surface area contributed by atoms with Gasteiger partial charge in [0.25, 0.3) is 5.56 Å². The van der Waals surface area contributed by atoms with Gasteiger partial charge in [0.15, 0.2) is 5.72 Å². The Labute approximate surface area is 144 Å². The first-order valence-corrected chi connectivity index (χ1v) is 9.88. The van der Waals surface area contributed by atoms with Crippen molar-refractivity contribution in [1.82, 2.24) is 9.55 Å². The van der Waals surface area contributed by atoms with Crippen LogP contribution in [0.2, 0.25) is 0 Å². The van der Waals surface area contributed by atoms with E-state index < -0.39 is 57.5 Å². The fourth-order valence-corrected chi connectivity index (χ4v) is 3.99. The molecule has 1 saturated heterocycles. The SMILES string of the molecule is C[C@@]1(n2ccc(=O)[nH]c2=O)O[C@H](COP(=O)(O)OP(=O)(O)O)[C@@H](O)[C@H]1O. The number of phosphoric acid groups is 2. The molecule has 0 aliphatic carbocycles. The molecule has 1 aromatic rings. The van der Waals surface area contributed by atoms with Gasteiger partial charge in [0, 0.05) is 12.3 Å². The standard InChI is InChI=1S/C10H16N2O12P2/c1-10(12-3-2-6(13)11-9(12)16)8(15)7(14)5(23-10)4-22-26(20,21)24-25(17,18)19/h2-3,5,7-8,14-15H,4H2,1H3,(H,20,21)(H,11,13,16)(H2,17,18,19)/t5-,7-,8-,10-/m1/s1. The summed E-state index contributed by atoms with van der Waals surface area (Å²) >= 11 is 0. The van der Waals surface area contributed by atoms with Gasteiger partial charge in [-0.1, -0.05) is 0 Å². The minimum atomic E-state index is -5.33. The summed E-state index contributed by atoms with van der Waals surface area (Å²) in [6, 6.07) is 0.967. The monoisotopic (exact) mass is 418 g/mol. The summed E-state index contributed by atoms with van der Waals surface area (Å²) in [6.07, 6.45) is -3.90. The lowest BCUT2D eigenvalue weighted by atomic mass is 10.0. The van der Waals surface area contributed by atoms with E-state index in [0.29, 0.717) is 0 Å². The molecule has 2 heterocycles. The largest absolute Gasteiger partial charge is 0.481 e. The van der Waals surface area contributed by atoms with Crippen LogP contribution in [-0.4, -0.2) is 59.4 Å². The van der Waals surface area contributed by atoms with Gasteiger partial charge in [-0.2, -0.15) is 4.31 Å². The molecule has 1 aliphatic rings. The van der Waals surface area contributed by atoms with E-state index in [1.54, 1.807) is 0 Å². The number of aliphatic hydroxyl groups excluding tert-OH is 2. The smallest absolute Gasteiger partial charge is 0.387 e. The van der Waals surface area contributed by atoms with Crippen molar-refractivity contribution in [2.75, 3.05) is 6.61 Å². The third kappa shape index (κ3) is 4.56. The van der Waals surface area contributed by atoms with Gasteiger partial charge >= 0.3 is 21.3 Å². The zero-order chi connectivity index (χ0) is 19.9. The van der Waals surface area contributed by atoms with E-state index >= 15 is 0 Å².